The van der Waals surface area contributed by atoms with Gasteiger partial charge in [0, 0.05) is 47.0 Å². The van der Waals surface area contributed by atoms with Crippen molar-refractivity contribution in [1.29, 1.82) is 0 Å². The Kier molecular flexibility index (Phi) is 14.8. The Labute approximate surface area is 259 Å². The number of aromatic nitrogens is 2. The minimum atomic E-state index is -0.403. The van der Waals surface area contributed by atoms with Crippen molar-refractivity contribution in [3.63, 3.8) is 0 Å². The molecule has 3 rings (SSSR count). The van der Waals surface area contributed by atoms with Crippen molar-refractivity contribution >= 4 is 33.0 Å². The van der Waals surface area contributed by atoms with Gasteiger partial charge in [0.15, 0.2) is 0 Å². The van der Waals surface area contributed by atoms with Gasteiger partial charge in [0.25, 0.3) is 11.2 Å². The molecular weight excluding hydrogens is 592 g/mol. The van der Waals surface area contributed by atoms with E-state index in [-0.39, 0.29) is 11.2 Å². The fourth-order valence-electron chi connectivity index (χ4n) is 5.38. The first-order valence-electron chi connectivity index (χ1n) is 15.8. The van der Waals surface area contributed by atoms with Crippen LogP contribution < -0.4 is 10.5 Å². The summed E-state index contributed by atoms with van der Waals surface area (Å²) in [7, 11) is 0. The van der Waals surface area contributed by atoms with E-state index in [2.05, 4.69) is 32.9 Å². The zero-order valence-corrected chi connectivity index (χ0v) is 27.0. The summed E-state index contributed by atoms with van der Waals surface area (Å²) >= 11 is 3.59. The summed E-state index contributed by atoms with van der Waals surface area (Å²) in [5, 5.41) is 16.2. The van der Waals surface area contributed by atoms with Crippen molar-refractivity contribution in [2.45, 2.75) is 110 Å². The van der Waals surface area contributed by atoms with Crippen molar-refractivity contribution < 1.29 is 4.92 Å². The van der Waals surface area contributed by atoms with Crippen molar-refractivity contribution in [3.8, 4) is 11.3 Å². The molecule has 2 aromatic carbocycles. The molecule has 0 unspecified atom stereocenters. The largest absolute Gasteiger partial charge is 0.339 e. The first-order chi connectivity index (χ1) is 20.4. The lowest BCUT2D eigenvalue weighted by Gasteiger charge is -2.27. The number of nitrogens with zero attached hydrogens (tertiary/aromatic N) is 4. The van der Waals surface area contributed by atoms with E-state index in [9.17, 15) is 14.9 Å². The highest BCUT2D eigenvalue weighted by Gasteiger charge is 2.20. The highest BCUT2D eigenvalue weighted by atomic mass is 79.9. The molecule has 7 nitrogen and oxygen atoms in total. The molecule has 0 N–H and O–H groups in total. The maximum absolute atomic E-state index is 13.0. The monoisotopic (exact) mass is 638 g/mol. The molecule has 0 atom stereocenters. The van der Waals surface area contributed by atoms with E-state index in [0.717, 1.165) is 23.0 Å². The predicted molar refractivity (Wildman–Crippen MR) is 178 cm³/mol. The van der Waals surface area contributed by atoms with Crippen LogP contribution in [0.1, 0.15) is 104 Å². The Balaban J connectivity index is 1.66. The molecule has 0 aliphatic heterocycles. The van der Waals surface area contributed by atoms with Gasteiger partial charge in [0.2, 0.25) is 0 Å². The van der Waals surface area contributed by atoms with E-state index < -0.39 is 4.92 Å². The maximum atomic E-state index is 13.0. The standard InChI is InChI=1S/C34H47BrN4O3/c1-3-5-6-7-8-9-10-11-12-13-14-15-16-17-24-37(30-22-19-21-29(35)26-30)32-27-33(40)38(4-2)36-34(32)28-20-18-23-31(25-28)39(41)42/h18-23,25-27H,3-17,24H2,1-2H3. The topological polar surface area (TPSA) is 81.3 Å². The van der Waals surface area contributed by atoms with Gasteiger partial charge in [-0.3, -0.25) is 14.9 Å². The summed E-state index contributed by atoms with van der Waals surface area (Å²) in [5.74, 6) is 0. The maximum Gasteiger partial charge on any atom is 0.270 e. The third kappa shape index (κ3) is 10.7. The minimum absolute atomic E-state index is 0.00419. The fourth-order valence-corrected chi connectivity index (χ4v) is 5.77. The SMILES string of the molecule is CCCCCCCCCCCCCCCCN(c1cccc(Br)c1)c1cc(=O)n(CC)nc1-c1cccc([N+](=O)[O-])c1. The Morgan fingerprint density at radius 1 is 0.810 bits per heavy atom. The summed E-state index contributed by atoms with van der Waals surface area (Å²) in [5.41, 5.74) is 2.59. The number of hydrogen-bond acceptors (Lipinski definition) is 5. The number of rotatable bonds is 20. The molecule has 1 heterocycles. The third-order valence-corrected chi connectivity index (χ3v) is 8.25. The van der Waals surface area contributed by atoms with Crippen LogP contribution in [0.2, 0.25) is 0 Å². The molecule has 228 valence electrons. The van der Waals surface area contributed by atoms with Gasteiger partial charge in [0.05, 0.1) is 10.6 Å². The summed E-state index contributed by atoms with van der Waals surface area (Å²) in [6.07, 6.45) is 18.1. The van der Waals surface area contributed by atoms with Crippen LogP contribution in [0.15, 0.2) is 63.9 Å². The van der Waals surface area contributed by atoms with Crippen molar-refractivity contribution in [2.75, 3.05) is 11.4 Å². The highest BCUT2D eigenvalue weighted by Crippen LogP contribution is 2.35. The first-order valence-corrected chi connectivity index (χ1v) is 16.6. The van der Waals surface area contributed by atoms with Gasteiger partial charge in [0.1, 0.15) is 5.69 Å². The summed E-state index contributed by atoms with van der Waals surface area (Å²) < 4.78 is 2.35. The molecule has 3 aromatic rings. The second kappa shape index (κ2) is 18.5. The Hall–Kier alpha value is -3.00. The number of halogens is 1. The highest BCUT2D eigenvalue weighted by molar-refractivity contribution is 9.10. The van der Waals surface area contributed by atoms with Crippen molar-refractivity contribution in [2.24, 2.45) is 0 Å². The molecule has 0 fully saturated rings. The van der Waals surface area contributed by atoms with E-state index in [4.69, 9.17) is 0 Å². The lowest BCUT2D eigenvalue weighted by Crippen LogP contribution is -2.27. The van der Waals surface area contributed by atoms with E-state index in [1.807, 2.05) is 37.3 Å². The van der Waals surface area contributed by atoms with Crippen molar-refractivity contribution in [1.82, 2.24) is 9.78 Å². The lowest BCUT2D eigenvalue weighted by atomic mass is 10.0. The molecule has 1 aromatic heterocycles. The molecule has 0 amide bonds. The Morgan fingerprint density at radius 2 is 1.40 bits per heavy atom. The smallest absolute Gasteiger partial charge is 0.270 e. The van der Waals surface area contributed by atoms with Gasteiger partial charge in [-0.05, 0) is 31.5 Å². The number of hydrogen-bond donors (Lipinski definition) is 0. The zero-order valence-electron chi connectivity index (χ0n) is 25.4. The van der Waals surface area contributed by atoms with Crippen LogP contribution >= 0.6 is 15.9 Å². The normalized spacial score (nSPS) is 11.1. The molecule has 42 heavy (non-hydrogen) atoms. The fraction of sp³-hybridized carbons (Fsp3) is 0.529. The number of anilines is 2. The quantitative estimate of drug-likeness (QED) is 0.0698. The van der Waals surface area contributed by atoms with Gasteiger partial charge in [-0.2, -0.15) is 5.10 Å². The van der Waals surface area contributed by atoms with Crippen LogP contribution in [0.5, 0.6) is 0 Å². The number of non-ortho nitro benzene ring substituents is 1. The second-order valence-electron chi connectivity index (χ2n) is 11.1. The Bertz CT molecular complexity index is 1310. The summed E-state index contributed by atoms with van der Waals surface area (Å²) in [6, 6.07) is 16.1. The third-order valence-electron chi connectivity index (χ3n) is 7.75. The summed E-state index contributed by atoms with van der Waals surface area (Å²) in [4.78, 5) is 26.2. The van der Waals surface area contributed by atoms with Crippen LogP contribution in [0.4, 0.5) is 17.1 Å². The number of benzene rings is 2. The van der Waals surface area contributed by atoms with E-state index in [1.54, 1.807) is 12.1 Å². The molecule has 0 aliphatic carbocycles. The second-order valence-corrected chi connectivity index (χ2v) is 12.0. The van der Waals surface area contributed by atoms with Crippen LogP contribution in [-0.4, -0.2) is 21.2 Å². The van der Waals surface area contributed by atoms with E-state index >= 15 is 0 Å². The van der Waals surface area contributed by atoms with E-state index in [0.29, 0.717) is 30.0 Å². The number of aryl methyl sites for hydroxylation is 1. The van der Waals surface area contributed by atoms with Gasteiger partial charge >= 0.3 is 0 Å². The van der Waals surface area contributed by atoms with Crippen LogP contribution in [0.3, 0.4) is 0 Å². The van der Waals surface area contributed by atoms with Gasteiger partial charge in [-0.15, -0.1) is 0 Å². The average Bonchev–Trinajstić information content (AvgIpc) is 2.99. The minimum Gasteiger partial charge on any atom is -0.339 e. The molecule has 8 heteroatoms. The van der Waals surface area contributed by atoms with Gasteiger partial charge < -0.3 is 4.90 Å². The summed E-state index contributed by atoms with van der Waals surface area (Å²) in [6.45, 7) is 5.26. The predicted octanol–water partition coefficient (Wildman–Crippen LogP) is 10.2. The number of nitro groups is 1. The molecule has 0 saturated carbocycles. The Morgan fingerprint density at radius 3 is 1.98 bits per heavy atom. The van der Waals surface area contributed by atoms with Crippen LogP contribution in [-0.2, 0) is 6.54 Å². The van der Waals surface area contributed by atoms with Crippen LogP contribution in [0.25, 0.3) is 11.3 Å². The molecule has 0 spiro atoms. The van der Waals surface area contributed by atoms with Crippen molar-refractivity contribution in [3.05, 3.63) is 79.5 Å². The van der Waals surface area contributed by atoms with Crippen LogP contribution in [0, 0.1) is 10.1 Å². The zero-order chi connectivity index (χ0) is 30.2. The lowest BCUT2D eigenvalue weighted by molar-refractivity contribution is -0.384. The molecule has 0 radical (unpaired) electrons. The molecule has 0 saturated heterocycles. The first kappa shape index (κ1) is 33.5. The number of unbranched alkanes of at least 4 members (excludes halogenated alkanes) is 13. The number of nitro benzene ring substituents is 1. The van der Waals surface area contributed by atoms with Gasteiger partial charge in [-0.1, -0.05) is 125 Å². The average molecular weight is 640 g/mol. The molecular formula is C34H47BrN4O3. The molecule has 0 bridgehead atoms. The van der Waals surface area contributed by atoms with E-state index in [1.165, 1.54) is 93.9 Å². The van der Waals surface area contributed by atoms with Gasteiger partial charge in [-0.25, -0.2) is 4.68 Å². The molecule has 0 aliphatic rings.